The van der Waals surface area contributed by atoms with E-state index in [0.717, 1.165) is 19.5 Å². The van der Waals surface area contributed by atoms with Crippen LogP contribution in [0.25, 0.3) is 0 Å². The second kappa shape index (κ2) is 8.26. The second-order valence-corrected chi connectivity index (χ2v) is 6.09. The molecular formula is C17H26N2O4. The Morgan fingerprint density at radius 3 is 2.91 bits per heavy atom. The molecule has 2 unspecified atom stereocenters. The van der Waals surface area contributed by atoms with E-state index < -0.39 is 11.0 Å². The first-order valence-corrected chi connectivity index (χ1v) is 8.31. The lowest BCUT2D eigenvalue weighted by atomic mass is 9.98. The molecule has 1 aliphatic rings. The van der Waals surface area contributed by atoms with Gasteiger partial charge in [-0.05, 0) is 43.9 Å². The summed E-state index contributed by atoms with van der Waals surface area (Å²) in [6, 6.07) is 5.26. The summed E-state index contributed by atoms with van der Waals surface area (Å²) >= 11 is 0. The Balaban J connectivity index is 2.01. The van der Waals surface area contributed by atoms with Crippen LogP contribution in [0.2, 0.25) is 0 Å². The number of aliphatic hydroxyl groups is 1. The van der Waals surface area contributed by atoms with E-state index in [0.29, 0.717) is 18.0 Å². The molecule has 0 spiro atoms. The average Bonchev–Trinajstić information content (AvgIpc) is 2.59. The van der Waals surface area contributed by atoms with E-state index >= 15 is 0 Å². The number of nitrogens with zero attached hydrogens (tertiary/aromatic N) is 2. The van der Waals surface area contributed by atoms with Gasteiger partial charge in [0.25, 0.3) is 0 Å². The quantitative estimate of drug-likeness (QED) is 0.616. The Bertz CT molecular complexity index is 535. The van der Waals surface area contributed by atoms with Crippen LogP contribution in [0.5, 0.6) is 5.75 Å². The molecule has 6 nitrogen and oxygen atoms in total. The summed E-state index contributed by atoms with van der Waals surface area (Å²) in [5.74, 6) is 0.216. The molecule has 0 bridgehead atoms. The van der Waals surface area contributed by atoms with Crippen LogP contribution in [0.1, 0.15) is 50.7 Å². The van der Waals surface area contributed by atoms with Crippen LogP contribution >= 0.6 is 0 Å². The Hall–Kier alpha value is -1.66. The third kappa shape index (κ3) is 4.42. The van der Waals surface area contributed by atoms with E-state index in [1.165, 1.54) is 32.4 Å². The van der Waals surface area contributed by atoms with E-state index in [-0.39, 0.29) is 11.4 Å². The number of nitro groups is 1. The van der Waals surface area contributed by atoms with Crippen LogP contribution in [0.15, 0.2) is 18.2 Å². The van der Waals surface area contributed by atoms with Gasteiger partial charge in [-0.1, -0.05) is 19.4 Å². The summed E-state index contributed by atoms with van der Waals surface area (Å²) < 4.78 is 4.99. The zero-order valence-corrected chi connectivity index (χ0v) is 13.9. The number of methoxy groups -OCH3 is 1. The topological polar surface area (TPSA) is 75.8 Å². The number of rotatable bonds is 7. The van der Waals surface area contributed by atoms with Gasteiger partial charge in [0.05, 0.1) is 18.1 Å². The Labute approximate surface area is 137 Å². The van der Waals surface area contributed by atoms with Crippen LogP contribution in [0.3, 0.4) is 0 Å². The Morgan fingerprint density at radius 2 is 2.26 bits per heavy atom. The number of hydrogen-bond acceptors (Lipinski definition) is 5. The van der Waals surface area contributed by atoms with Crippen molar-refractivity contribution in [3.8, 4) is 5.75 Å². The lowest BCUT2D eigenvalue weighted by molar-refractivity contribution is -0.385. The fraction of sp³-hybridized carbons (Fsp3) is 0.647. The van der Waals surface area contributed by atoms with Crippen molar-refractivity contribution in [1.82, 2.24) is 4.90 Å². The molecule has 1 heterocycles. The molecule has 1 aromatic rings. The smallest absolute Gasteiger partial charge is 0.311 e. The summed E-state index contributed by atoms with van der Waals surface area (Å²) in [5.41, 5.74) is 0.469. The predicted molar refractivity (Wildman–Crippen MR) is 88.7 cm³/mol. The molecule has 0 saturated carbocycles. The van der Waals surface area contributed by atoms with E-state index in [1.54, 1.807) is 12.1 Å². The van der Waals surface area contributed by atoms with Gasteiger partial charge in [0, 0.05) is 18.7 Å². The number of hydrogen-bond donors (Lipinski definition) is 1. The molecule has 6 heteroatoms. The number of nitro benzene ring substituents is 1. The summed E-state index contributed by atoms with van der Waals surface area (Å²) in [6.45, 7) is 4.10. The van der Waals surface area contributed by atoms with Crippen molar-refractivity contribution < 1.29 is 14.8 Å². The van der Waals surface area contributed by atoms with Crippen molar-refractivity contribution >= 4 is 5.69 Å². The average molecular weight is 322 g/mol. The minimum absolute atomic E-state index is 0.103. The molecule has 0 aliphatic carbocycles. The van der Waals surface area contributed by atoms with Crippen LogP contribution in [0.4, 0.5) is 5.69 Å². The van der Waals surface area contributed by atoms with Crippen LogP contribution in [0, 0.1) is 10.1 Å². The van der Waals surface area contributed by atoms with Crippen molar-refractivity contribution in [2.24, 2.45) is 0 Å². The largest absolute Gasteiger partial charge is 0.490 e. The summed E-state index contributed by atoms with van der Waals surface area (Å²) in [7, 11) is 1.40. The summed E-state index contributed by atoms with van der Waals surface area (Å²) in [5, 5.41) is 21.5. The molecule has 1 fully saturated rings. The minimum Gasteiger partial charge on any atom is -0.490 e. The van der Waals surface area contributed by atoms with Gasteiger partial charge in [0.15, 0.2) is 5.75 Å². The van der Waals surface area contributed by atoms with Gasteiger partial charge in [-0.25, -0.2) is 0 Å². The minimum atomic E-state index is -0.695. The third-order valence-corrected chi connectivity index (χ3v) is 4.69. The number of piperidine rings is 1. The maximum Gasteiger partial charge on any atom is 0.311 e. The first-order valence-electron chi connectivity index (χ1n) is 8.31. The van der Waals surface area contributed by atoms with Gasteiger partial charge in [-0.15, -0.1) is 0 Å². The highest BCUT2D eigenvalue weighted by Crippen LogP contribution is 2.31. The maximum atomic E-state index is 11.1. The molecule has 2 rings (SSSR count). The SMILES string of the molecule is CCC1CCCCN1CCC(O)c1ccc(OC)c([N+](=O)[O-])c1. The van der Waals surface area contributed by atoms with Gasteiger partial charge in [-0.2, -0.15) is 0 Å². The lowest BCUT2D eigenvalue weighted by Gasteiger charge is -2.35. The lowest BCUT2D eigenvalue weighted by Crippen LogP contribution is -2.40. The van der Waals surface area contributed by atoms with Crippen LogP contribution < -0.4 is 4.74 Å². The van der Waals surface area contributed by atoms with E-state index in [9.17, 15) is 15.2 Å². The molecule has 1 aliphatic heterocycles. The predicted octanol–water partition coefficient (Wildman–Crippen LogP) is 3.29. The van der Waals surface area contributed by atoms with Gasteiger partial charge in [0.2, 0.25) is 0 Å². The van der Waals surface area contributed by atoms with Crippen molar-refractivity contribution in [1.29, 1.82) is 0 Å². The number of benzene rings is 1. The zero-order chi connectivity index (χ0) is 16.8. The number of ether oxygens (including phenoxy) is 1. The monoisotopic (exact) mass is 322 g/mol. The molecule has 1 saturated heterocycles. The summed E-state index contributed by atoms with van der Waals surface area (Å²) in [4.78, 5) is 13.0. The van der Waals surface area contributed by atoms with Crippen LogP contribution in [-0.4, -0.2) is 41.2 Å². The van der Waals surface area contributed by atoms with Crippen molar-refractivity contribution in [3.63, 3.8) is 0 Å². The molecule has 0 radical (unpaired) electrons. The van der Waals surface area contributed by atoms with Crippen molar-refractivity contribution in [2.45, 2.75) is 51.2 Å². The molecule has 23 heavy (non-hydrogen) atoms. The van der Waals surface area contributed by atoms with E-state index in [4.69, 9.17) is 4.74 Å². The van der Waals surface area contributed by atoms with Gasteiger partial charge in [-0.3, -0.25) is 10.1 Å². The molecular weight excluding hydrogens is 296 g/mol. The van der Waals surface area contributed by atoms with E-state index in [2.05, 4.69) is 11.8 Å². The maximum absolute atomic E-state index is 11.1. The molecule has 0 amide bonds. The van der Waals surface area contributed by atoms with Gasteiger partial charge < -0.3 is 14.7 Å². The highest BCUT2D eigenvalue weighted by molar-refractivity contribution is 5.49. The molecule has 2 atom stereocenters. The molecule has 0 aromatic heterocycles. The fourth-order valence-electron chi connectivity index (χ4n) is 3.33. The Morgan fingerprint density at radius 1 is 1.48 bits per heavy atom. The Kier molecular flexibility index (Phi) is 6.36. The van der Waals surface area contributed by atoms with Gasteiger partial charge in [0.1, 0.15) is 0 Å². The zero-order valence-electron chi connectivity index (χ0n) is 13.9. The number of aliphatic hydroxyl groups excluding tert-OH is 1. The molecule has 1 aromatic carbocycles. The van der Waals surface area contributed by atoms with Gasteiger partial charge >= 0.3 is 5.69 Å². The fourth-order valence-corrected chi connectivity index (χ4v) is 3.33. The second-order valence-electron chi connectivity index (χ2n) is 6.09. The third-order valence-electron chi connectivity index (χ3n) is 4.69. The molecule has 1 N–H and O–H groups in total. The molecule has 128 valence electrons. The van der Waals surface area contributed by atoms with Crippen molar-refractivity contribution in [3.05, 3.63) is 33.9 Å². The first kappa shape index (κ1) is 17.7. The normalized spacial score (nSPS) is 20.2. The van der Waals surface area contributed by atoms with Crippen molar-refractivity contribution in [2.75, 3.05) is 20.2 Å². The first-order chi connectivity index (χ1) is 11.1. The van der Waals surface area contributed by atoms with E-state index in [1.807, 2.05) is 0 Å². The summed E-state index contributed by atoms with van der Waals surface area (Å²) in [6.07, 6.45) is 4.73. The highest BCUT2D eigenvalue weighted by atomic mass is 16.6. The standard InChI is InChI=1S/C17H26N2O4/c1-3-14-6-4-5-10-18(14)11-9-16(20)13-7-8-17(23-2)15(12-13)19(21)22/h7-8,12,14,16,20H,3-6,9-11H2,1-2H3. The number of likely N-dealkylation sites (tertiary alicyclic amines) is 1. The van der Waals surface area contributed by atoms with Crippen LogP contribution in [-0.2, 0) is 0 Å². The highest BCUT2D eigenvalue weighted by Gasteiger charge is 2.23.